The highest BCUT2D eigenvalue weighted by atomic mass is 32.2. The number of carboxylic acids is 1. The van der Waals surface area contributed by atoms with E-state index in [1.165, 1.54) is 0 Å². The van der Waals surface area contributed by atoms with E-state index >= 15 is 0 Å². The van der Waals surface area contributed by atoms with Crippen molar-refractivity contribution >= 4 is 29.6 Å². The first kappa shape index (κ1) is 13.9. The Balaban J connectivity index is 2.16. The predicted octanol–water partition coefficient (Wildman–Crippen LogP) is 2.96. The quantitative estimate of drug-likeness (QED) is 0.862. The van der Waals surface area contributed by atoms with Crippen molar-refractivity contribution in [3.8, 4) is 0 Å². The fraction of sp³-hybridized carbons (Fsp3) is 0.333. The van der Waals surface area contributed by atoms with Crippen molar-refractivity contribution in [2.24, 2.45) is 0 Å². The van der Waals surface area contributed by atoms with Gasteiger partial charge in [0.1, 0.15) is 0 Å². The molecule has 1 unspecified atom stereocenters. The topological polar surface area (TPSA) is 54.4 Å². The predicted molar refractivity (Wildman–Crippen MR) is 77.4 cm³/mol. The van der Waals surface area contributed by atoms with Crippen LogP contribution < -0.4 is 0 Å². The smallest absolute Gasteiger partial charge is 0.310 e. The lowest BCUT2D eigenvalue weighted by Gasteiger charge is -2.12. The van der Waals surface area contributed by atoms with Crippen LogP contribution in [-0.4, -0.2) is 28.4 Å². The van der Waals surface area contributed by atoms with E-state index in [0.29, 0.717) is 6.42 Å². The number of benzene rings is 1. The fourth-order valence-electron chi connectivity index (χ4n) is 1.93. The number of Topliss-reactive ketones (excluding diaryl/α,β-unsaturated/α-hetero) is 1. The number of hydrogen-bond acceptors (Lipinski definition) is 3. The van der Waals surface area contributed by atoms with Crippen molar-refractivity contribution in [1.82, 2.24) is 0 Å². The molecule has 0 bridgehead atoms. The van der Waals surface area contributed by atoms with Crippen LogP contribution in [0, 0.1) is 0 Å². The Bertz CT molecular complexity index is 517. The number of carbonyl (C=O) groups is 2. The molecule has 0 radical (unpaired) electrons. The van der Waals surface area contributed by atoms with E-state index < -0.39 is 11.9 Å². The molecule has 3 nitrogen and oxygen atoms in total. The van der Waals surface area contributed by atoms with Gasteiger partial charge in [0.25, 0.3) is 0 Å². The molecule has 1 saturated heterocycles. The third-order valence-corrected chi connectivity index (χ3v) is 4.24. The first-order chi connectivity index (χ1) is 9.08. The molecule has 0 amide bonds. The number of aliphatic carboxylic acids is 1. The van der Waals surface area contributed by atoms with E-state index in [-0.39, 0.29) is 5.78 Å². The number of carbonyl (C=O) groups excluding carboxylic acids is 1. The molecule has 1 aliphatic heterocycles. The van der Waals surface area contributed by atoms with Crippen molar-refractivity contribution in [3.63, 3.8) is 0 Å². The number of ketones is 1. The summed E-state index contributed by atoms with van der Waals surface area (Å²) in [5.41, 5.74) is 2.58. The minimum atomic E-state index is -0.829. The van der Waals surface area contributed by atoms with Gasteiger partial charge in [0, 0.05) is 23.5 Å². The Kier molecular flexibility index (Phi) is 4.43. The molecule has 1 heterocycles. The first-order valence-electron chi connectivity index (χ1n) is 6.22. The second-order valence-corrected chi connectivity index (χ2v) is 5.73. The summed E-state index contributed by atoms with van der Waals surface area (Å²) in [6.07, 6.45) is 2.52. The minimum Gasteiger partial charge on any atom is -0.481 e. The molecular formula is C15H16O3S. The molecule has 2 rings (SSSR count). The second kappa shape index (κ2) is 6.06. The highest BCUT2D eigenvalue weighted by molar-refractivity contribution is 7.99. The third kappa shape index (κ3) is 3.47. The molecule has 1 atom stereocenters. The van der Waals surface area contributed by atoms with E-state index in [2.05, 4.69) is 0 Å². The molecule has 1 aromatic rings. The van der Waals surface area contributed by atoms with Crippen molar-refractivity contribution in [1.29, 1.82) is 0 Å². The van der Waals surface area contributed by atoms with Gasteiger partial charge in [0.05, 0.1) is 5.92 Å². The van der Waals surface area contributed by atoms with Gasteiger partial charge in [-0.15, -0.1) is 0 Å². The van der Waals surface area contributed by atoms with Crippen molar-refractivity contribution in [2.75, 3.05) is 11.5 Å². The number of thioether (sulfide) groups is 1. The lowest BCUT2D eigenvalue weighted by molar-refractivity contribution is -0.138. The average Bonchev–Trinajstić information content (AvgIpc) is 2.41. The number of rotatable bonds is 3. The van der Waals surface area contributed by atoms with Crippen LogP contribution in [-0.2, 0) is 9.59 Å². The summed E-state index contributed by atoms with van der Waals surface area (Å²) < 4.78 is 0. The van der Waals surface area contributed by atoms with Gasteiger partial charge in [0.2, 0.25) is 0 Å². The molecule has 0 saturated carbocycles. The van der Waals surface area contributed by atoms with E-state index in [9.17, 15) is 9.59 Å². The van der Waals surface area contributed by atoms with E-state index in [1.807, 2.05) is 30.3 Å². The Labute approximate surface area is 116 Å². The van der Waals surface area contributed by atoms with Gasteiger partial charge >= 0.3 is 5.97 Å². The fourth-order valence-corrected chi connectivity index (χ4v) is 2.87. The van der Waals surface area contributed by atoms with Gasteiger partial charge < -0.3 is 5.11 Å². The molecule has 0 aromatic heterocycles. The monoisotopic (exact) mass is 276 g/mol. The van der Waals surface area contributed by atoms with Gasteiger partial charge in [-0.25, -0.2) is 0 Å². The van der Waals surface area contributed by atoms with Crippen molar-refractivity contribution < 1.29 is 14.7 Å². The summed E-state index contributed by atoms with van der Waals surface area (Å²) in [4.78, 5) is 22.6. The van der Waals surface area contributed by atoms with Crippen LogP contribution in [0.25, 0.3) is 6.08 Å². The summed E-state index contributed by atoms with van der Waals surface area (Å²) in [5, 5.41) is 8.94. The maximum atomic E-state index is 11.7. The second-order valence-electron chi connectivity index (χ2n) is 4.62. The van der Waals surface area contributed by atoms with Gasteiger partial charge in [0.15, 0.2) is 5.78 Å². The van der Waals surface area contributed by atoms with Crippen LogP contribution in [0.5, 0.6) is 0 Å². The zero-order valence-electron chi connectivity index (χ0n) is 10.8. The summed E-state index contributed by atoms with van der Waals surface area (Å²) in [5.74, 6) is 0.567. The molecule has 19 heavy (non-hydrogen) atoms. The molecule has 1 N–H and O–H groups in total. The highest BCUT2D eigenvalue weighted by Gasteiger charge is 2.15. The minimum absolute atomic E-state index is 0.224. The van der Waals surface area contributed by atoms with Gasteiger partial charge in [-0.05, 0) is 24.1 Å². The summed E-state index contributed by atoms with van der Waals surface area (Å²) >= 11 is 1.77. The SMILES string of the molecule is CC(C(=O)O)c1ccc(/C=C2\CSCCC2=O)cc1. The summed E-state index contributed by atoms with van der Waals surface area (Å²) in [6, 6.07) is 7.36. The lowest BCUT2D eigenvalue weighted by Crippen LogP contribution is -2.12. The van der Waals surface area contributed by atoms with E-state index in [4.69, 9.17) is 5.11 Å². The molecular weight excluding hydrogens is 260 g/mol. The van der Waals surface area contributed by atoms with Crippen LogP contribution in [0.15, 0.2) is 29.8 Å². The Morgan fingerprint density at radius 2 is 2.05 bits per heavy atom. The third-order valence-electron chi connectivity index (χ3n) is 3.24. The van der Waals surface area contributed by atoms with E-state index in [0.717, 1.165) is 28.2 Å². The number of carboxylic acid groups (broad SMARTS) is 1. The largest absolute Gasteiger partial charge is 0.481 e. The van der Waals surface area contributed by atoms with Crippen LogP contribution in [0.4, 0.5) is 0 Å². The maximum absolute atomic E-state index is 11.7. The van der Waals surface area contributed by atoms with Gasteiger partial charge in [-0.1, -0.05) is 24.3 Å². The molecule has 1 fully saturated rings. The van der Waals surface area contributed by atoms with Crippen LogP contribution >= 0.6 is 11.8 Å². The zero-order valence-corrected chi connectivity index (χ0v) is 11.6. The van der Waals surface area contributed by atoms with Crippen molar-refractivity contribution in [3.05, 3.63) is 41.0 Å². The summed E-state index contributed by atoms with van der Waals surface area (Å²) in [6.45, 7) is 1.66. The average molecular weight is 276 g/mol. The molecule has 1 aliphatic rings. The van der Waals surface area contributed by atoms with Crippen LogP contribution in [0.2, 0.25) is 0 Å². The van der Waals surface area contributed by atoms with Gasteiger partial charge in [-0.3, -0.25) is 9.59 Å². The normalized spacial score (nSPS) is 19.4. The molecule has 100 valence electrons. The Hall–Kier alpha value is -1.55. The Morgan fingerprint density at radius 1 is 1.37 bits per heavy atom. The number of hydrogen-bond donors (Lipinski definition) is 1. The van der Waals surface area contributed by atoms with E-state index in [1.54, 1.807) is 18.7 Å². The first-order valence-corrected chi connectivity index (χ1v) is 7.37. The summed E-state index contributed by atoms with van der Waals surface area (Å²) in [7, 11) is 0. The molecule has 4 heteroatoms. The lowest BCUT2D eigenvalue weighted by atomic mass is 9.99. The van der Waals surface area contributed by atoms with Gasteiger partial charge in [-0.2, -0.15) is 11.8 Å². The molecule has 1 aromatic carbocycles. The molecule has 0 spiro atoms. The van der Waals surface area contributed by atoms with Crippen molar-refractivity contribution in [2.45, 2.75) is 19.3 Å². The zero-order chi connectivity index (χ0) is 13.8. The highest BCUT2D eigenvalue weighted by Crippen LogP contribution is 2.22. The van der Waals surface area contributed by atoms with Crippen LogP contribution in [0.1, 0.15) is 30.4 Å². The maximum Gasteiger partial charge on any atom is 0.310 e. The van der Waals surface area contributed by atoms with Crippen LogP contribution in [0.3, 0.4) is 0 Å². The standard InChI is InChI=1S/C15H16O3S/c1-10(15(17)18)12-4-2-11(3-5-12)8-13-9-19-7-6-14(13)16/h2-5,8,10H,6-7,9H2,1H3,(H,17,18)/b13-8+. The Morgan fingerprint density at radius 3 is 2.63 bits per heavy atom. The molecule has 0 aliphatic carbocycles.